The molecule has 1 heterocycles. The van der Waals surface area contributed by atoms with E-state index in [0.29, 0.717) is 23.7 Å². The lowest BCUT2D eigenvalue weighted by atomic mass is 9.79. The Bertz CT molecular complexity index is 451. The van der Waals surface area contributed by atoms with E-state index < -0.39 is 5.60 Å². The third kappa shape index (κ3) is 3.53. The first kappa shape index (κ1) is 14.0. The highest BCUT2D eigenvalue weighted by Crippen LogP contribution is 2.31. The molecule has 0 bridgehead atoms. The van der Waals surface area contributed by atoms with Gasteiger partial charge in [0, 0.05) is 18.4 Å². The highest BCUT2D eigenvalue weighted by atomic mass is 16.3. The van der Waals surface area contributed by atoms with Gasteiger partial charge in [-0.15, -0.1) is 0 Å². The monoisotopic (exact) mass is 262 g/mol. The molecule has 1 aliphatic carbocycles. The highest BCUT2D eigenvalue weighted by molar-refractivity contribution is 5.95. The van der Waals surface area contributed by atoms with Gasteiger partial charge >= 0.3 is 0 Å². The quantitative estimate of drug-likeness (QED) is 0.876. The third-order valence-electron chi connectivity index (χ3n) is 4.03. The average Bonchev–Trinajstić information content (AvgIpc) is 2.41. The molecular formula is C15H22N2O2. The molecule has 1 saturated carbocycles. The Morgan fingerprint density at radius 2 is 2.21 bits per heavy atom. The van der Waals surface area contributed by atoms with Crippen LogP contribution in [-0.4, -0.2) is 28.1 Å². The molecule has 1 aromatic rings. The zero-order valence-corrected chi connectivity index (χ0v) is 11.6. The summed E-state index contributed by atoms with van der Waals surface area (Å²) in [4.78, 5) is 16.2. The van der Waals surface area contributed by atoms with Crippen molar-refractivity contribution in [1.29, 1.82) is 0 Å². The number of aliphatic hydroxyl groups is 1. The number of aryl methyl sites for hydroxylation is 1. The summed E-state index contributed by atoms with van der Waals surface area (Å²) in [6, 6.07) is 3.50. The summed E-state index contributed by atoms with van der Waals surface area (Å²) in [5, 5.41) is 13.3. The van der Waals surface area contributed by atoms with E-state index in [1.165, 1.54) is 0 Å². The number of nitrogens with zero attached hydrogens (tertiary/aromatic N) is 1. The molecule has 1 fully saturated rings. The molecule has 2 rings (SSSR count). The topological polar surface area (TPSA) is 62.2 Å². The van der Waals surface area contributed by atoms with E-state index in [1.807, 2.05) is 6.92 Å². The van der Waals surface area contributed by atoms with Gasteiger partial charge in [0.05, 0.1) is 11.2 Å². The number of hydrogen-bond acceptors (Lipinski definition) is 3. The number of rotatable bonds is 3. The summed E-state index contributed by atoms with van der Waals surface area (Å²) < 4.78 is 0. The zero-order chi connectivity index (χ0) is 13.9. The van der Waals surface area contributed by atoms with E-state index in [1.54, 1.807) is 18.3 Å². The summed E-state index contributed by atoms with van der Waals surface area (Å²) in [7, 11) is 0. The lowest BCUT2D eigenvalue weighted by Crippen LogP contribution is -2.45. The van der Waals surface area contributed by atoms with Crippen molar-refractivity contribution in [1.82, 2.24) is 10.3 Å². The molecule has 2 N–H and O–H groups in total. The minimum atomic E-state index is -0.738. The first-order chi connectivity index (χ1) is 9.00. The summed E-state index contributed by atoms with van der Waals surface area (Å²) in [6.07, 6.45) is 5.25. The van der Waals surface area contributed by atoms with Crippen molar-refractivity contribution < 1.29 is 9.90 Å². The van der Waals surface area contributed by atoms with E-state index in [2.05, 4.69) is 17.2 Å². The van der Waals surface area contributed by atoms with E-state index in [9.17, 15) is 9.90 Å². The SMILES string of the molecule is Cc1ncccc1C(=O)NCC1(O)CCC(C)CC1. The van der Waals surface area contributed by atoms with Gasteiger partial charge in [-0.3, -0.25) is 9.78 Å². The Kier molecular flexibility index (Phi) is 4.20. The van der Waals surface area contributed by atoms with Crippen molar-refractivity contribution >= 4 is 5.91 Å². The molecule has 19 heavy (non-hydrogen) atoms. The molecule has 0 unspecified atom stereocenters. The van der Waals surface area contributed by atoms with Crippen LogP contribution >= 0.6 is 0 Å². The van der Waals surface area contributed by atoms with Crippen molar-refractivity contribution in [2.75, 3.05) is 6.54 Å². The molecule has 0 aliphatic heterocycles. The fourth-order valence-electron chi connectivity index (χ4n) is 2.54. The van der Waals surface area contributed by atoms with Crippen LogP contribution in [0.4, 0.5) is 0 Å². The normalized spacial score (nSPS) is 27.0. The number of aromatic nitrogens is 1. The van der Waals surface area contributed by atoms with Gasteiger partial charge in [0.1, 0.15) is 0 Å². The first-order valence-electron chi connectivity index (χ1n) is 6.92. The van der Waals surface area contributed by atoms with Crippen LogP contribution in [0.25, 0.3) is 0 Å². The number of carbonyl (C=O) groups is 1. The van der Waals surface area contributed by atoms with Crippen LogP contribution in [0.15, 0.2) is 18.3 Å². The summed E-state index contributed by atoms with van der Waals surface area (Å²) in [5.74, 6) is 0.522. The van der Waals surface area contributed by atoms with Crippen molar-refractivity contribution in [2.45, 2.75) is 45.1 Å². The fourth-order valence-corrected chi connectivity index (χ4v) is 2.54. The Hall–Kier alpha value is -1.42. The molecule has 0 radical (unpaired) electrons. The molecule has 1 amide bonds. The Morgan fingerprint density at radius 3 is 2.84 bits per heavy atom. The number of pyridine rings is 1. The molecule has 104 valence electrons. The van der Waals surface area contributed by atoms with Crippen LogP contribution in [0, 0.1) is 12.8 Å². The molecule has 0 atom stereocenters. The van der Waals surface area contributed by atoms with Gasteiger partial charge in [0.15, 0.2) is 0 Å². The summed E-state index contributed by atoms with van der Waals surface area (Å²) >= 11 is 0. The summed E-state index contributed by atoms with van der Waals surface area (Å²) in [5.41, 5.74) is 0.553. The van der Waals surface area contributed by atoms with Crippen LogP contribution in [0.5, 0.6) is 0 Å². The van der Waals surface area contributed by atoms with Gasteiger partial charge < -0.3 is 10.4 Å². The molecule has 0 spiro atoms. The second kappa shape index (κ2) is 5.70. The van der Waals surface area contributed by atoms with Crippen LogP contribution in [-0.2, 0) is 0 Å². The second-order valence-electron chi connectivity index (χ2n) is 5.73. The van der Waals surface area contributed by atoms with Crippen LogP contribution in [0.2, 0.25) is 0 Å². The molecule has 4 nitrogen and oxygen atoms in total. The smallest absolute Gasteiger partial charge is 0.253 e. The first-order valence-corrected chi connectivity index (χ1v) is 6.92. The Labute approximate surface area is 114 Å². The van der Waals surface area contributed by atoms with E-state index in [0.717, 1.165) is 25.7 Å². The molecule has 4 heteroatoms. The molecular weight excluding hydrogens is 240 g/mol. The maximum Gasteiger partial charge on any atom is 0.253 e. The molecule has 0 saturated heterocycles. The van der Waals surface area contributed by atoms with Gasteiger partial charge in [-0.25, -0.2) is 0 Å². The van der Waals surface area contributed by atoms with E-state index in [4.69, 9.17) is 0 Å². The predicted molar refractivity (Wildman–Crippen MR) is 73.9 cm³/mol. The molecule has 1 aromatic heterocycles. The van der Waals surface area contributed by atoms with E-state index in [-0.39, 0.29) is 5.91 Å². The minimum absolute atomic E-state index is 0.155. The van der Waals surface area contributed by atoms with Crippen LogP contribution in [0.1, 0.15) is 48.7 Å². The molecule has 0 aromatic carbocycles. The van der Waals surface area contributed by atoms with Gasteiger partial charge in [-0.05, 0) is 50.7 Å². The summed E-state index contributed by atoms with van der Waals surface area (Å²) in [6.45, 7) is 4.34. The van der Waals surface area contributed by atoms with E-state index >= 15 is 0 Å². The van der Waals surface area contributed by atoms with Crippen molar-refractivity contribution in [3.8, 4) is 0 Å². The number of nitrogens with one attached hydrogen (secondary N) is 1. The van der Waals surface area contributed by atoms with Gasteiger partial charge in [-0.2, -0.15) is 0 Å². The van der Waals surface area contributed by atoms with Gasteiger partial charge in [-0.1, -0.05) is 6.92 Å². The molecule has 1 aliphatic rings. The Balaban J connectivity index is 1.92. The third-order valence-corrected chi connectivity index (χ3v) is 4.03. The average molecular weight is 262 g/mol. The fraction of sp³-hybridized carbons (Fsp3) is 0.600. The number of carbonyl (C=O) groups excluding carboxylic acids is 1. The predicted octanol–water partition coefficient (Wildman–Crippen LogP) is 2.06. The minimum Gasteiger partial charge on any atom is -0.388 e. The lowest BCUT2D eigenvalue weighted by Gasteiger charge is -2.34. The maximum absolute atomic E-state index is 12.1. The number of hydrogen-bond donors (Lipinski definition) is 2. The standard InChI is InChI=1S/C15H22N2O2/c1-11-5-7-15(19,8-6-11)10-17-14(18)13-4-3-9-16-12(13)2/h3-4,9,11,19H,5-8,10H2,1-2H3,(H,17,18). The van der Waals surface area contributed by atoms with Crippen LogP contribution < -0.4 is 5.32 Å². The second-order valence-corrected chi connectivity index (χ2v) is 5.73. The van der Waals surface area contributed by atoms with Crippen LogP contribution in [0.3, 0.4) is 0 Å². The van der Waals surface area contributed by atoms with Crippen molar-refractivity contribution in [3.05, 3.63) is 29.6 Å². The van der Waals surface area contributed by atoms with Crippen molar-refractivity contribution in [2.24, 2.45) is 5.92 Å². The largest absolute Gasteiger partial charge is 0.388 e. The number of amides is 1. The van der Waals surface area contributed by atoms with Gasteiger partial charge in [0.2, 0.25) is 0 Å². The zero-order valence-electron chi connectivity index (χ0n) is 11.6. The highest BCUT2D eigenvalue weighted by Gasteiger charge is 2.32. The van der Waals surface area contributed by atoms with Crippen molar-refractivity contribution in [3.63, 3.8) is 0 Å². The maximum atomic E-state index is 12.1. The lowest BCUT2D eigenvalue weighted by molar-refractivity contribution is -0.00541. The Morgan fingerprint density at radius 1 is 1.53 bits per heavy atom. The van der Waals surface area contributed by atoms with Gasteiger partial charge in [0.25, 0.3) is 5.91 Å².